The Morgan fingerprint density at radius 3 is 1.96 bits per heavy atom. The van der Waals surface area contributed by atoms with Crippen molar-refractivity contribution in [2.24, 2.45) is 11.1 Å². The highest BCUT2D eigenvalue weighted by molar-refractivity contribution is 5.99. The summed E-state index contributed by atoms with van der Waals surface area (Å²) in [6, 6.07) is 39.8. The number of nitrogens with one attached hydrogen (secondary N) is 2. The monoisotopic (exact) mass is 629 g/mol. The van der Waals surface area contributed by atoms with Gasteiger partial charge < -0.3 is 20.5 Å². The van der Waals surface area contributed by atoms with E-state index in [2.05, 4.69) is 95.6 Å². The van der Waals surface area contributed by atoms with Gasteiger partial charge in [0.2, 0.25) is 0 Å². The molecule has 242 valence electrons. The summed E-state index contributed by atoms with van der Waals surface area (Å²) in [7, 11) is 0. The Balaban J connectivity index is 1.48. The highest BCUT2D eigenvalue weighted by Crippen LogP contribution is 2.37. The Labute approximate surface area is 277 Å². The molecule has 5 aromatic rings. The van der Waals surface area contributed by atoms with Crippen LogP contribution >= 0.6 is 0 Å². The zero-order valence-electron chi connectivity index (χ0n) is 27.9. The fourth-order valence-corrected chi connectivity index (χ4v) is 5.64. The van der Waals surface area contributed by atoms with Gasteiger partial charge in [0.15, 0.2) is 0 Å². The van der Waals surface area contributed by atoms with Gasteiger partial charge in [-0.25, -0.2) is 14.9 Å². The molecule has 0 aliphatic heterocycles. The summed E-state index contributed by atoms with van der Waals surface area (Å²) in [6.07, 6.45) is -1.81. The van der Waals surface area contributed by atoms with Gasteiger partial charge in [0.05, 0.1) is 5.41 Å². The van der Waals surface area contributed by atoms with Crippen LogP contribution in [-0.4, -0.2) is 23.6 Å². The number of nitrogens with two attached hydrogens (primary N) is 1. The molecule has 0 aromatic heterocycles. The molecule has 7 nitrogen and oxygen atoms in total. The molecule has 5 rings (SSSR count). The predicted octanol–water partition coefficient (Wildman–Crippen LogP) is 9.25. The van der Waals surface area contributed by atoms with Gasteiger partial charge in [-0.3, -0.25) is 0 Å². The maximum atomic E-state index is 12.9. The van der Waals surface area contributed by atoms with Crippen molar-refractivity contribution in [2.45, 2.75) is 59.5 Å². The fraction of sp³-hybridized carbons (Fsp3) is 0.250. The topological polar surface area (TPSA) is 103 Å². The molecule has 0 bridgehead atoms. The van der Waals surface area contributed by atoms with Crippen molar-refractivity contribution in [1.82, 2.24) is 10.6 Å². The number of alkyl carbamates (subject to hydrolysis) is 1. The summed E-state index contributed by atoms with van der Waals surface area (Å²) in [6.45, 7) is 11.1. The van der Waals surface area contributed by atoms with E-state index in [9.17, 15) is 9.59 Å². The summed E-state index contributed by atoms with van der Waals surface area (Å²) in [5.41, 5.74) is 11.6. The van der Waals surface area contributed by atoms with Crippen LogP contribution in [0.5, 0.6) is 0 Å². The average molecular weight is 630 g/mol. The van der Waals surface area contributed by atoms with Gasteiger partial charge >= 0.3 is 18.1 Å². The van der Waals surface area contributed by atoms with Crippen LogP contribution < -0.4 is 16.4 Å². The molecule has 0 heterocycles. The predicted molar refractivity (Wildman–Crippen MR) is 189 cm³/mol. The number of ether oxygens (including phenoxy) is 2. The number of hydrogen-bond donors (Lipinski definition) is 3. The number of carbonyl (C=O) groups is 2. The number of rotatable bonds is 8. The number of benzene rings is 5. The summed E-state index contributed by atoms with van der Waals surface area (Å²) in [5, 5.41) is 8.25. The lowest BCUT2D eigenvalue weighted by Gasteiger charge is -2.42. The Bertz CT molecular complexity index is 1890. The lowest BCUT2D eigenvalue weighted by atomic mass is 9.90. The highest BCUT2D eigenvalue weighted by Gasteiger charge is 2.50. The average Bonchev–Trinajstić information content (AvgIpc) is 3.02. The number of amides is 2. The lowest BCUT2D eigenvalue weighted by molar-refractivity contribution is -0.245. The lowest BCUT2D eigenvalue weighted by Crippen LogP contribution is -2.62. The molecule has 1 unspecified atom stereocenters. The zero-order chi connectivity index (χ0) is 33.8. The van der Waals surface area contributed by atoms with E-state index >= 15 is 0 Å². The van der Waals surface area contributed by atoms with Gasteiger partial charge in [0, 0.05) is 12.1 Å². The molecule has 0 saturated heterocycles. The van der Waals surface area contributed by atoms with E-state index in [1.807, 2.05) is 51.1 Å². The van der Waals surface area contributed by atoms with Gasteiger partial charge in [-0.1, -0.05) is 124 Å². The smallest absolute Gasteiger partial charge is 0.392 e. The molecule has 0 aliphatic rings. The molecule has 1 atom stereocenters. The number of hydrogen-bond acceptors (Lipinski definition) is 5. The van der Waals surface area contributed by atoms with Crippen molar-refractivity contribution < 1.29 is 19.1 Å². The van der Waals surface area contributed by atoms with Crippen molar-refractivity contribution in [1.29, 1.82) is 0 Å². The molecule has 47 heavy (non-hydrogen) atoms. The van der Waals surface area contributed by atoms with Gasteiger partial charge in [-0.2, -0.15) is 0 Å². The van der Waals surface area contributed by atoms with Gasteiger partial charge in [0.1, 0.15) is 0 Å². The minimum Gasteiger partial charge on any atom is -0.392 e. The standard InChI is InChI=1S/C40H43N3O4/c1-38(2,3)40(46-36(41)44,47-37(45)43-39(4,5)6)42-26-32-16-10-11-20-33(32)31-22-23-35-30(25-31)19-13-21-34(35)29-18-12-17-28(24-29)27-14-8-7-9-15-27/h7-25,42H,26H2,1-6H3,(H2,41,44)(H,43,45). The summed E-state index contributed by atoms with van der Waals surface area (Å²) in [5.74, 6) is -1.85. The van der Waals surface area contributed by atoms with Crippen LogP contribution in [0, 0.1) is 5.41 Å². The van der Waals surface area contributed by atoms with Crippen LogP contribution in [0.1, 0.15) is 47.1 Å². The third-order valence-electron chi connectivity index (χ3n) is 7.95. The molecular formula is C40H43N3O4. The summed E-state index contributed by atoms with van der Waals surface area (Å²) >= 11 is 0. The number of primary amides is 1. The molecule has 0 fully saturated rings. The molecule has 7 heteroatoms. The number of carbonyl (C=O) groups excluding carboxylic acids is 2. The third-order valence-corrected chi connectivity index (χ3v) is 7.95. The Morgan fingerprint density at radius 1 is 0.638 bits per heavy atom. The first-order chi connectivity index (χ1) is 22.2. The van der Waals surface area contributed by atoms with Crippen LogP contribution in [0.2, 0.25) is 0 Å². The van der Waals surface area contributed by atoms with E-state index in [1.165, 1.54) is 11.1 Å². The van der Waals surface area contributed by atoms with E-state index in [4.69, 9.17) is 15.2 Å². The third kappa shape index (κ3) is 7.81. The van der Waals surface area contributed by atoms with Crippen molar-refractivity contribution in [2.75, 3.05) is 0 Å². The fourth-order valence-electron chi connectivity index (χ4n) is 5.64. The van der Waals surface area contributed by atoms with Crippen LogP contribution in [-0.2, 0) is 16.0 Å². The Morgan fingerprint density at radius 2 is 1.26 bits per heavy atom. The second-order valence-corrected chi connectivity index (χ2v) is 13.8. The van der Waals surface area contributed by atoms with Crippen molar-refractivity contribution in [3.05, 3.63) is 121 Å². The molecule has 0 radical (unpaired) electrons. The van der Waals surface area contributed by atoms with Crippen molar-refractivity contribution in [3.63, 3.8) is 0 Å². The normalized spacial score (nSPS) is 13.1. The Hall–Kier alpha value is -5.14. The zero-order valence-corrected chi connectivity index (χ0v) is 27.9. The van der Waals surface area contributed by atoms with Gasteiger partial charge in [-0.15, -0.1) is 0 Å². The molecule has 0 saturated carbocycles. The van der Waals surface area contributed by atoms with Crippen molar-refractivity contribution in [3.8, 4) is 33.4 Å². The molecule has 0 spiro atoms. The van der Waals surface area contributed by atoms with E-state index in [-0.39, 0.29) is 6.54 Å². The largest absolute Gasteiger partial charge is 0.411 e. The SMILES string of the molecule is CC(C)(C)NC(=O)OC(NCc1ccccc1-c1ccc2c(-c3cccc(-c4ccccc4)c3)cccc2c1)(OC(N)=O)C(C)(C)C. The minimum absolute atomic E-state index is 0.216. The van der Waals surface area contributed by atoms with E-state index in [1.54, 1.807) is 20.8 Å². The Kier molecular flexibility index (Phi) is 9.40. The number of fused-ring (bicyclic) bond motifs is 1. The maximum absolute atomic E-state index is 12.9. The summed E-state index contributed by atoms with van der Waals surface area (Å²) in [4.78, 5) is 25.1. The van der Waals surface area contributed by atoms with Crippen LogP contribution in [0.25, 0.3) is 44.2 Å². The second kappa shape index (κ2) is 13.3. The summed E-state index contributed by atoms with van der Waals surface area (Å²) < 4.78 is 11.4. The van der Waals surface area contributed by atoms with Crippen LogP contribution in [0.3, 0.4) is 0 Å². The van der Waals surface area contributed by atoms with E-state index in [0.29, 0.717) is 0 Å². The maximum Gasteiger partial charge on any atom is 0.411 e. The molecule has 5 aromatic carbocycles. The molecular weight excluding hydrogens is 586 g/mol. The first-order valence-corrected chi connectivity index (χ1v) is 15.8. The van der Waals surface area contributed by atoms with Gasteiger partial charge in [0.25, 0.3) is 0 Å². The second-order valence-electron chi connectivity index (χ2n) is 13.8. The van der Waals surface area contributed by atoms with Crippen LogP contribution in [0.15, 0.2) is 115 Å². The van der Waals surface area contributed by atoms with E-state index in [0.717, 1.165) is 38.6 Å². The van der Waals surface area contributed by atoms with Gasteiger partial charge in [-0.05, 0) is 82.6 Å². The first kappa shape index (κ1) is 33.2. The molecule has 2 amide bonds. The molecule has 4 N–H and O–H groups in total. The minimum atomic E-state index is -1.85. The van der Waals surface area contributed by atoms with Crippen molar-refractivity contribution >= 4 is 23.0 Å². The highest BCUT2D eigenvalue weighted by atomic mass is 16.8. The quantitative estimate of drug-likeness (QED) is 0.149. The molecule has 0 aliphatic carbocycles. The van der Waals surface area contributed by atoms with E-state index < -0.39 is 29.1 Å². The van der Waals surface area contributed by atoms with Crippen LogP contribution in [0.4, 0.5) is 9.59 Å². The first-order valence-electron chi connectivity index (χ1n) is 15.8.